The van der Waals surface area contributed by atoms with Gasteiger partial charge in [-0.3, -0.25) is 0 Å². The number of anilines is 2. The molecule has 1 aromatic heterocycles. The molecular formula is C10H7ClFN3O. The quantitative estimate of drug-likeness (QED) is 0.625. The molecule has 2 rings (SSSR count). The van der Waals surface area contributed by atoms with E-state index in [0.717, 1.165) is 6.20 Å². The Kier molecular flexibility index (Phi) is 2.87. The Hall–Kier alpha value is -1.88. The molecule has 2 aromatic rings. The number of halogens is 2. The molecule has 16 heavy (non-hydrogen) atoms. The smallest absolute Gasteiger partial charge is 0.224 e. The van der Waals surface area contributed by atoms with Gasteiger partial charge in [-0.1, -0.05) is 12.1 Å². The molecule has 0 spiro atoms. The van der Waals surface area contributed by atoms with Crippen LogP contribution in [0.1, 0.15) is 0 Å². The van der Waals surface area contributed by atoms with Crippen LogP contribution < -0.4 is 5.32 Å². The van der Waals surface area contributed by atoms with Gasteiger partial charge in [0.05, 0.1) is 11.9 Å². The average molecular weight is 240 g/mol. The molecule has 0 fully saturated rings. The SMILES string of the molecule is Oc1ccccc1Nc1nc(Cl)ncc1F. The average Bonchev–Trinajstić information content (AvgIpc) is 2.27. The van der Waals surface area contributed by atoms with E-state index in [1.54, 1.807) is 18.2 Å². The van der Waals surface area contributed by atoms with Crippen LogP contribution in [0.3, 0.4) is 0 Å². The Labute approximate surface area is 95.7 Å². The van der Waals surface area contributed by atoms with Gasteiger partial charge in [-0.05, 0) is 23.7 Å². The van der Waals surface area contributed by atoms with Crippen molar-refractivity contribution in [1.29, 1.82) is 0 Å². The maximum Gasteiger partial charge on any atom is 0.224 e. The summed E-state index contributed by atoms with van der Waals surface area (Å²) < 4.78 is 13.3. The number of nitrogens with one attached hydrogen (secondary N) is 1. The van der Waals surface area contributed by atoms with Crippen LogP contribution in [0.25, 0.3) is 0 Å². The topological polar surface area (TPSA) is 58.0 Å². The van der Waals surface area contributed by atoms with Crippen molar-refractivity contribution < 1.29 is 9.50 Å². The molecule has 0 aliphatic heterocycles. The second-order valence-corrected chi connectivity index (χ2v) is 3.32. The van der Waals surface area contributed by atoms with E-state index >= 15 is 0 Å². The first kappa shape index (κ1) is 10.6. The number of benzene rings is 1. The van der Waals surface area contributed by atoms with Crippen molar-refractivity contribution in [3.63, 3.8) is 0 Å². The number of hydrogen-bond donors (Lipinski definition) is 2. The highest BCUT2D eigenvalue weighted by molar-refractivity contribution is 6.28. The highest BCUT2D eigenvalue weighted by Gasteiger charge is 2.07. The van der Waals surface area contributed by atoms with Crippen molar-refractivity contribution in [2.75, 3.05) is 5.32 Å². The van der Waals surface area contributed by atoms with E-state index in [1.165, 1.54) is 6.07 Å². The van der Waals surface area contributed by atoms with E-state index in [-0.39, 0.29) is 16.9 Å². The fourth-order valence-corrected chi connectivity index (χ4v) is 1.27. The fraction of sp³-hybridized carbons (Fsp3) is 0. The van der Waals surface area contributed by atoms with Gasteiger partial charge >= 0.3 is 0 Å². The van der Waals surface area contributed by atoms with Gasteiger partial charge in [-0.25, -0.2) is 9.37 Å². The van der Waals surface area contributed by atoms with E-state index in [2.05, 4.69) is 15.3 Å². The monoisotopic (exact) mass is 239 g/mol. The molecule has 4 nitrogen and oxygen atoms in total. The number of nitrogens with zero attached hydrogens (tertiary/aromatic N) is 2. The summed E-state index contributed by atoms with van der Waals surface area (Å²) in [7, 11) is 0. The third-order valence-electron chi connectivity index (χ3n) is 1.87. The Morgan fingerprint density at radius 1 is 1.31 bits per heavy atom. The first-order valence-corrected chi connectivity index (χ1v) is 4.77. The number of phenols is 1. The molecule has 0 aliphatic rings. The number of aromatic nitrogens is 2. The zero-order valence-electron chi connectivity index (χ0n) is 7.98. The lowest BCUT2D eigenvalue weighted by atomic mass is 10.3. The van der Waals surface area contributed by atoms with Crippen molar-refractivity contribution in [3.8, 4) is 5.75 Å². The minimum atomic E-state index is -0.646. The van der Waals surface area contributed by atoms with Crippen LogP contribution in [0.4, 0.5) is 15.9 Å². The molecule has 0 bridgehead atoms. The van der Waals surface area contributed by atoms with E-state index < -0.39 is 5.82 Å². The predicted molar refractivity (Wildman–Crippen MR) is 58.4 cm³/mol. The molecule has 82 valence electrons. The Balaban J connectivity index is 2.34. The summed E-state index contributed by atoms with van der Waals surface area (Å²) in [5, 5.41) is 12.0. The number of aromatic hydroxyl groups is 1. The summed E-state index contributed by atoms with van der Waals surface area (Å²) in [4.78, 5) is 7.15. The van der Waals surface area contributed by atoms with Crippen LogP contribution in [0.5, 0.6) is 5.75 Å². The molecule has 6 heteroatoms. The fourth-order valence-electron chi connectivity index (χ4n) is 1.14. The summed E-state index contributed by atoms with van der Waals surface area (Å²) in [5.74, 6) is -0.731. The van der Waals surface area contributed by atoms with E-state index in [9.17, 15) is 9.50 Å². The van der Waals surface area contributed by atoms with Gasteiger partial charge in [0.15, 0.2) is 11.6 Å². The normalized spacial score (nSPS) is 10.1. The largest absolute Gasteiger partial charge is 0.506 e. The van der Waals surface area contributed by atoms with Crippen molar-refractivity contribution in [2.24, 2.45) is 0 Å². The minimum absolute atomic E-state index is 0.00312. The molecule has 0 atom stereocenters. The molecule has 1 heterocycles. The van der Waals surface area contributed by atoms with Gasteiger partial charge in [0.1, 0.15) is 5.75 Å². The minimum Gasteiger partial charge on any atom is -0.506 e. The van der Waals surface area contributed by atoms with Gasteiger partial charge in [0.25, 0.3) is 0 Å². The third kappa shape index (κ3) is 2.20. The molecule has 0 amide bonds. The Bertz CT molecular complexity index is 521. The molecular weight excluding hydrogens is 233 g/mol. The third-order valence-corrected chi connectivity index (χ3v) is 2.05. The van der Waals surface area contributed by atoms with Gasteiger partial charge in [0, 0.05) is 0 Å². The van der Waals surface area contributed by atoms with Gasteiger partial charge in [-0.2, -0.15) is 4.98 Å². The van der Waals surface area contributed by atoms with Crippen LogP contribution in [0.2, 0.25) is 5.28 Å². The highest BCUT2D eigenvalue weighted by Crippen LogP contribution is 2.26. The number of phenolic OH excluding ortho intramolecular Hbond substituents is 1. The zero-order valence-corrected chi connectivity index (χ0v) is 8.74. The predicted octanol–water partition coefficient (Wildman–Crippen LogP) is 2.72. The van der Waals surface area contributed by atoms with Gasteiger partial charge in [0.2, 0.25) is 5.28 Å². The number of hydrogen-bond acceptors (Lipinski definition) is 4. The number of rotatable bonds is 2. The summed E-state index contributed by atoms with van der Waals surface area (Å²) in [6.07, 6.45) is 0.956. The zero-order chi connectivity index (χ0) is 11.5. The molecule has 0 radical (unpaired) electrons. The lowest BCUT2D eigenvalue weighted by Crippen LogP contribution is -1.98. The van der Waals surface area contributed by atoms with Crippen LogP contribution in [-0.2, 0) is 0 Å². The van der Waals surface area contributed by atoms with Crippen LogP contribution in [0, 0.1) is 5.82 Å². The van der Waals surface area contributed by atoms with Crippen molar-refractivity contribution in [2.45, 2.75) is 0 Å². The van der Waals surface area contributed by atoms with E-state index in [0.29, 0.717) is 5.69 Å². The van der Waals surface area contributed by atoms with Crippen LogP contribution in [-0.4, -0.2) is 15.1 Å². The van der Waals surface area contributed by atoms with Gasteiger partial charge in [-0.15, -0.1) is 0 Å². The Morgan fingerprint density at radius 3 is 2.81 bits per heavy atom. The van der Waals surface area contributed by atoms with Crippen molar-refractivity contribution >= 4 is 23.1 Å². The molecule has 0 saturated heterocycles. The lowest BCUT2D eigenvalue weighted by molar-refractivity contribution is 0.477. The molecule has 1 aromatic carbocycles. The van der Waals surface area contributed by atoms with E-state index in [4.69, 9.17) is 11.6 Å². The summed E-state index contributed by atoms with van der Waals surface area (Å²) >= 11 is 5.53. The maximum absolute atomic E-state index is 13.3. The van der Waals surface area contributed by atoms with Crippen LogP contribution >= 0.6 is 11.6 Å². The standard InChI is InChI=1S/C10H7ClFN3O/c11-10-13-5-6(12)9(15-10)14-7-3-1-2-4-8(7)16/h1-5,16H,(H,13,14,15). The Morgan fingerprint density at radius 2 is 2.06 bits per heavy atom. The van der Waals surface area contributed by atoms with Crippen molar-refractivity contribution in [1.82, 2.24) is 9.97 Å². The van der Waals surface area contributed by atoms with E-state index in [1.807, 2.05) is 0 Å². The van der Waals surface area contributed by atoms with Gasteiger partial charge < -0.3 is 10.4 Å². The molecule has 0 saturated carbocycles. The second-order valence-electron chi connectivity index (χ2n) is 2.98. The second kappa shape index (κ2) is 4.32. The number of para-hydroxylation sites is 2. The lowest BCUT2D eigenvalue weighted by Gasteiger charge is -2.07. The van der Waals surface area contributed by atoms with Crippen molar-refractivity contribution in [3.05, 3.63) is 41.6 Å². The summed E-state index contributed by atoms with van der Waals surface area (Å²) in [6.45, 7) is 0. The first-order valence-electron chi connectivity index (χ1n) is 4.40. The molecule has 2 N–H and O–H groups in total. The van der Waals surface area contributed by atoms with Crippen LogP contribution in [0.15, 0.2) is 30.5 Å². The molecule has 0 aliphatic carbocycles. The summed E-state index contributed by atoms with van der Waals surface area (Å²) in [5.41, 5.74) is 0.344. The molecule has 0 unspecified atom stereocenters. The maximum atomic E-state index is 13.3. The highest BCUT2D eigenvalue weighted by atomic mass is 35.5. The summed E-state index contributed by atoms with van der Waals surface area (Å²) in [6, 6.07) is 6.42. The first-order chi connectivity index (χ1) is 7.66.